The number of thioether (sulfide) groups is 1. The van der Waals surface area contributed by atoms with Crippen molar-refractivity contribution >= 4 is 59.3 Å². The Morgan fingerprint density at radius 3 is 1.86 bits per heavy atom. The molecule has 0 aliphatic rings. The maximum atomic E-state index is 14.0. The predicted molar refractivity (Wildman–Crippen MR) is 214 cm³/mol. The topological polar surface area (TPSA) is 279 Å². The van der Waals surface area contributed by atoms with Crippen LogP contribution < -0.4 is 43.6 Å². The van der Waals surface area contributed by atoms with Crippen molar-refractivity contribution in [1.82, 2.24) is 32.0 Å². The highest BCUT2D eigenvalue weighted by molar-refractivity contribution is 7.98. The summed E-state index contributed by atoms with van der Waals surface area (Å²) in [5.74, 6) is -0.436. The Morgan fingerprint density at radius 2 is 1.32 bits per heavy atom. The monoisotopic (exact) mass is 822 g/mol. The molecule has 0 bridgehead atoms. The number of ether oxygens (including phenoxy) is 2. The molecular formula is C38H62N8O10S. The van der Waals surface area contributed by atoms with E-state index in [0.29, 0.717) is 17.7 Å². The summed E-state index contributed by atoms with van der Waals surface area (Å²) in [6, 6.07) is 2.19. The fraction of sp³-hybridized carbons (Fsp3) is 0.632. The fourth-order valence-corrected chi connectivity index (χ4v) is 5.72. The Hall–Kier alpha value is -4.91. The summed E-state index contributed by atoms with van der Waals surface area (Å²) in [5.41, 5.74) is 7.20. The van der Waals surface area contributed by atoms with Gasteiger partial charge in [-0.05, 0) is 69.4 Å². The van der Waals surface area contributed by atoms with Gasteiger partial charge in [0.25, 0.3) is 5.91 Å². The number of alkyl carbamates (subject to hydrolysis) is 1. The van der Waals surface area contributed by atoms with E-state index in [1.54, 1.807) is 65.0 Å². The van der Waals surface area contributed by atoms with Gasteiger partial charge in [-0.1, -0.05) is 64.4 Å². The number of carbonyl (C=O) groups excluding carboxylic acids is 8. The molecule has 1 rings (SSSR count). The van der Waals surface area contributed by atoms with Gasteiger partial charge in [0, 0.05) is 6.42 Å². The first kappa shape index (κ1) is 50.1. The first-order valence-electron chi connectivity index (χ1n) is 18.9. The van der Waals surface area contributed by atoms with Crippen molar-refractivity contribution in [1.29, 1.82) is 0 Å². The SMILES string of the molecule is CC[C@H](C)[C@H](NC(=O)[C@H](CC(=O)OCc1ccccc1)NC(=O)[C@H](CCC(N)=O)NC(=O)[C@H](CC(C)C)NC(=O)OC(C)(C)C)C(=O)N[C@@H](CCSC)C(=O)NN. The van der Waals surface area contributed by atoms with Crippen LogP contribution >= 0.6 is 11.8 Å². The minimum Gasteiger partial charge on any atom is -0.461 e. The van der Waals surface area contributed by atoms with Crippen LogP contribution in [0.1, 0.15) is 92.6 Å². The second-order valence-electron chi connectivity index (χ2n) is 15.0. The minimum absolute atomic E-state index is 0.0929. The Balaban J connectivity index is 3.48. The van der Waals surface area contributed by atoms with Crippen molar-refractivity contribution in [3.05, 3.63) is 35.9 Å². The lowest BCUT2D eigenvalue weighted by atomic mass is 9.97. The summed E-state index contributed by atoms with van der Waals surface area (Å²) in [5, 5.41) is 12.8. The van der Waals surface area contributed by atoms with Gasteiger partial charge in [-0.2, -0.15) is 11.8 Å². The molecule has 0 spiro atoms. The maximum Gasteiger partial charge on any atom is 0.408 e. The average Bonchev–Trinajstić information content (AvgIpc) is 3.14. The molecule has 1 aromatic carbocycles. The molecule has 0 aromatic heterocycles. The van der Waals surface area contributed by atoms with Crippen LogP contribution in [0.3, 0.4) is 0 Å². The third kappa shape index (κ3) is 20.2. The van der Waals surface area contributed by atoms with Crippen LogP contribution in [-0.2, 0) is 49.6 Å². The van der Waals surface area contributed by atoms with E-state index in [2.05, 4.69) is 26.6 Å². The number of rotatable bonds is 24. The molecule has 1 aromatic rings. The van der Waals surface area contributed by atoms with Gasteiger partial charge in [0.15, 0.2) is 0 Å². The summed E-state index contributed by atoms with van der Waals surface area (Å²) in [6.45, 7) is 11.9. The van der Waals surface area contributed by atoms with Crippen LogP contribution in [0.4, 0.5) is 4.79 Å². The molecule has 10 N–H and O–H groups in total. The van der Waals surface area contributed by atoms with Gasteiger partial charge in [0.1, 0.15) is 42.4 Å². The van der Waals surface area contributed by atoms with E-state index in [9.17, 15) is 38.4 Å². The number of esters is 1. The molecule has 18 nitrogen and oxygen atoms in total. The Labute approximate surface area is 339 Å². The van der Waals surface area contributed by atoms with E-state index >= 15 is 0 Å². The zero-order chi connectivity index (χ0) is 43.3. The van der Waals surface area contributed by atoms with Crippen molar-refractivity contribution in [3.63, 3.8) is 0 Å². The summed E-state index contributed by atoms with van der Waals surface area (Å²) in [4.78, 5) is 105. The first-order valence-corrected chi connectivity index (χ1v) is 20.3. The number of hydrogen-bond acceptors (Lipinski definition) is 12. The molecular weight excluding hydrogens is 761 g/mol. The summed E-state index contributed by atoms with van der Waals surface area (Å²) in [7, 11) is 0. The largest absolute Gasteiger partial charge is 0.461 e. The smallest absolute Gasteiger partial charge is 0.408 e. The molecule has 0 saturated heterocycles. The van der Waals surface area contributed by atoms with Crippen molar-refractivity contribution in [3.8, 4) is 0 Å². The standard InChI is InChI=1S/C38H62N8O10S/c1-9-23(4)31(36(53)42-26(17-18-57-8)35(52)46-40)45-34(51)28(20-30(48)55-21-24-13-11-10-12-14-24)43-32(49)25(15-16-29(39)47)41-33(50)27(19-22(2)3)44-37(54)56-38(5,6)7/h10-14,22-23,25-28,31H,9,15-21,40H2,1-8H3,(H2,39,47)(H,41,50)(H,42,53)(H,43,49)(H,44,54)(H,45,51)(H,46,52)/t23-,25-,26-,27-,28-,31-/m0/s1. The molecule has 0 fully saturated rings. The summed E-state index contributed by atoms with van der Waals surface area (Å²) >= 11 is 1.45. The predicted octanol–water partition coefficient (Wildman–Crippen LogP) is 1.05. The van der Waals surface area contributed by atoms with Crippen LogP contribution in [0.15, 0.2) is 30.3 Å². The van der Waals surface area contributed by atoms with E-state index in [-0.39, 0.29) is 38.2 Å². The second kappa shape index (κ2) is 25.4. The Bertz CT molecular complexity index is 1510. The van der Waals surface area contributed by atoms with Crippen molar-refractivity contribution in [2.45, 2.75) is 129 Å². The van der Waals surface area contributed by atoms with Crippen LogP contribution in [0.25, 0.3) is 0 Å². The normalized spacial score (nSPS) is 14.4. The number of benzene rings is 1. The highest BCUT2D eigenvalue weighted by Crippen LogP contribution is 2.13. The Kier molecular flexibility index (Phi) is 22.3. The molecule has 320 valence electrons. The third-order valence-electron chi connectivity index (χ3n) is 8.45. The number of hydrogen-bond donors (Lipinski definition) is 8. The molecule has 0 radical (unpaired) electrons. The summed E-state index contributed by atoms with van der Waals surface area (Å²) < 4.78 is 10.7. The molecule has 7 amide bonds. The lowest BCUT2D eigenvalue weighted by Gasteiger charge is -2.29. The van der Waals surface area contributed by atoms with E-state index < -0.39 is 95.7 Å². The number of carbonyl (C=O) groups is 8. The highest BCUT2D eigenvalue weighted by Gasteiger charge is 2.35. The van der Waals surface area contributed by atoms with Crippen LogP contribution in [0.2, 0.25) is 0 Å². The molecule has 6 atom stereocenters. The lowest BCUT2D eigenvalue weighted by Crippen LogP contribution is -2.60. The molecule has 19 heteroatoms. The van der Waals surface area contributed by atoms with Crippen molar-refractivity contribution < 1.29 is 47.8 Å². The van der Waals surface area contributed by atoms with E-state index in [4.69, 9.17) is 21.1 Å². The van der Waals surface area contributed by atoms with Crippen LogP contribution in [0.5, 0.6) is 0 Å². The van der Waals surface area contributed by atoms with Gasteiger partial charge < -0.3 is 41.8 Å². The van der Waals surface area contributed by atoms with Crippen molar-refractivity contribution in [2.75, 3.05) is 12.0 Å². The zero-order valence-corrected chi connectivity index (χ0v) is 35.0. The van der Waals surface area contributed by atoms with Gasteiger partial charge in [-0.3, -0.25) is 39.0 Å². The van der Waals surface area contributed by atoms with Crippen molar-refractivity contribution in [2.24, 2.45) is 23.4 Å². The first-order chi connectivity index (χ1) is 26.7. The van der Waals surface area contributed by atoms with Gasteiger partial charge >= 0.3 is 12.1 Å². The van der Waals surface area contributed by atoms with E-state index in [1.807, 2.05) is 25.5 Å². The number of nitrogens with two attached hydrogens (primary N) is 2. The van der Waals surface area contributed by atoms with Gasteiger partial charge in [0.05, 0.1) is 6.42 Å². The van der Waals surface area contributed by atoms with Gasteiger partial charge in [-0.15, -0.1) is 0 Å². The van der Waals surface area contributed by atoms with Crippen LogP contribution in [-0.4, -0.2) is 95.3 Å². The number of hydrazine groups is 1. The highest BCUT2D eigenvalue weighted by atomic mass is 32.2. The maximum absolute atomic E-state index is 14.0. The van der Waals surface area contributed by atoms with Crippen LogP contribution in [0, 0.1) is 11.8 Å². The van der Waals surface area contributed by atoms with Gasteiger partial charge in [0.2, 0.25) is 29.5 Å². The molecule has 0 aliphatic carbocycles. The number of nitrogens with one attached hydrogen (secondary N) is 6. The molecule has 0 aliphatic heterocycles. The van der Waals surface area contributed by atoms with E-state index in [0.717, 1.165) is 0 Å². The number of primary amides is 1. The summed E-state index contributed by atoms with van der Waals surface area (Å²) in [6.07, 6.45) is 0.402. The average molecular weight is 823 g/mol. The fourth-order valence-electron chi connectivity index (χ4n) is 5.25. The molecule has 0 heterocycles. The molecule has 0 saturated carbocycles. The van der Waals surface area contributed by atoms with Gasteiger partial charge in [-0.25, -0.2) is 10.6 Å². The Morgan fingerprint density at radius 1 is 0.754 bits per heavy atom. The molecule has 57 heavy (non-hydrogen) atoms. The number of amides is 7. The zero-order valence-electron chi connectivity index (χ0n) is 34.2. The van der Waals surface area contributed by atoms with E-state index in [1.165, 1.54) is 11.8 Å². The lowest BCUT2D eigenvalue weighted by molar-refractivity contribution is -0.148. The third-order valence-corrected chi connectivity index (χ3v) is 9.10. The quantitative estimate of drug-likeness (QED) is 0.0315. The second-order valence-corrected chi connectivity index (χ2v) is 16.0. The minimum atomic E-state index is -1.65. The molecule has 0 unspecified atom stereocenters.